The number of urea groups is 1. The molecule has 0 saturated heterocycles. The van der Waals surface area contributed by atoms with Crippen molar-refractivity contribution < 1.29 is 19.6 Å². The Labute approximate surface area is 121 Å². The van der Waals surface area contributed by atoms with Gasteiger partial charge in [0.05, 0.1) is 10.8 Å². The standard InChI is InChI=1S/C13H17N3O5/c1-9(12(17)18)4-3-7-14-13(19)15-10-5-2-6-11(8-10)16(20)21/h2,5-6,8-9H,3-4,7H2,1H3,(H,17,18)(H2,14,15,19). The number of benzene rings is 1. The van der Waals surface area contributed by atoms with E-state index >= 15 is 0 Å². The number of amides is 2. The van der Waals surface area contributed by atoms with Crippen molar-refractivity contribution in [2.45, 2.75) is 19.8 Å². The minimum Gasteiger partial charge on any atom is -0.481 e. The van der Waals surface area contributed by atoms with Crippen LogP contribution in [0.3, 0.4) is 0 Å². The fraction of sp³-hybridized carbons (Fsp3) is 0.385. The van der Waals surface area contributed by atoms with Crippen molar-refractivity contribution in [3.05, 3.63) is 34.4 Å². The lowest BCUT2D eigenvalue weighted by atomic mass is 10.1. The number of nitro benzene ring substituents is 1. The van der Waals surface area contributed by atoms with Gasteiger partial charge in [0.1, 0.15) is 0 Å². The molecule has 8 nitrogen and oxygen atoms in total. The summed E-state index contributed by atoms with van der Waals surface area (Å²) in [6, 6.07) is 5.11. The first-order valence-electron chi connectivity index (χ1n) is 6.42. The van der Waals surface area contributed by atoms with Gasteiger partial charge >= 0.3 is 12.0 Å². The van der Waals surface area contributed by atoms with Crippen LogP contribution in [-0.2, 0) is 4.79 Å². The first kappa shape index (κ1) is 16.4. The lowest BCUT2D eigenvalue weighted by Gasteiger charge is -2.08. The molecule has 1 atom stereocenters. The maximum Gasteiger partial charge on any atom is 0.319 e. The summed E-state index contributed by atoms with van der Waals surface area (Å²) in [7, 11) is 0. The SMILES string of the molecule is CC(CCCNC(=O)Nc1cccc([N+](=O)[O-])c1)C(=O)O. The maximum absolute atomic E-state index is 11.6. The number of anilines is 1. The molecule has 114 valence electrons. The summed E-state index contributed by atoms with van der Waals surface area (Å²) >= 11 is 0. The van der Waals surface area contributed by atoms with Gasteiger partial charge in [-0.15, -0.1) is 0 Å². The molecule has 0 bridgehead atoms. The molecule has 1 unspecified atom stereocenters. The Hall–Kier alpha value is -2.64. The molecule has 0 saturated carbocycles. The molecule has 1 aromatic carbocycles. The highest BCUT2D eigenvalue weighted by molar-refractivity contribution is 5.89. The number of carbonyl (C=O) groups is 2. The minimum atomic E-state index is -0.865. The average Bonchev–Trinajstić information content (AvgIpc) is 2.43. The van der Waals surface area contributed by atoms with Crippen molar-refractivity contribution in [2.75, 3.05) is 11.9 Å². The molecule has 8 heteroatoms. The number of aliphatic carboxylic acids is 1. The van der Waals surface area contributed by atoms with Crippen molar-refractivity contribution in [3.63, 3.8) is 0 Å². The fourth-order valence-corrected chi connectivity index (χ4v) is 1.61. The molecule has 0 radical (unpaired) electrons. The molecule has 2 amide bonds. The molecule has 0 aliphatic rings. The normalized spacial score (nSPS) is 11.5. The zero-order chi connectivity index (χ0) is 15.8. The molecule has 0 aromatic heterocycles. The number of carbonyl (C=O) groups excluding carboxylic acids is 1. The van der Waals surface area contributed by atoms with Gasteiger partial charge in [-0.05, 0) is 18.9 Å². The lowest BCUT2D eigenvalue weighted by molar-refractivity contribution is -0.384. The third-order valence-electron chi connectivity index (χ3n) is 2.84. The van der Waals surface area contributed by atoms with Crippen LogP contribution in [0.1, 0.15) is 19.8 Å². The summed E-state index contributed by atoms with van der Waals surface area (Å²) in [5.41, 5.74) is 0.212. The van der Waals surface area contributed by atoms with Crippen molar-refractivity contribution in [3.8, 4) is 0 Å². The molecular weight excluding hydrogens is 278 g/mol. The van der Waals surface area contributed by atoms with E-state index in [4.69, 9.17) is 5.11 Å². The third-order valence-corrected chi connectivity index (χ3v) is 2.84. The predicted molar refractivity (Wildman–Crippen MR) is 76.2 cm³/mol. The van der Waals surface area contributed by atoms with Crippen LogP contribution in [0.4, 0.5) is 16.2 Å². The Bertz CT molecular complexity index is 532. The minimum absolute atomic E-state index is 0.108. The first-order valence-corrected chi connectivity index (χ1v) is 6.42. The van der Waals surface area contributed by atoms with Gasteiger partial charge in [-0.3, -0.25) is 14.9 Å². The second-order valence-electron chi connectivity index (χ2n) is 4.57. The first-order chi connectivity index (χ1) is 9.90. The zero-order valence-electron chi connectivity index (χ0n) is 11.5. The van der Waals surface area contributed by atoms with E-state index in [1.165, 1.54) is 18.2 Å². The van der Waals surface area contributed by atoms with E-state index in [1.807, 2.05) is 0 Å². The summed E-state index contributed by atoms with van der Waals surface area (Å²) in [4.78, 5) is 32.2. The number of nitro groups is 1. The molecule has 0 aliphatic carbocycles. The fourth-order valence-electron chi connectivity index (χ4n) is 1.61. The van der Waals surface area contributed by atoms with Gasteiger partial charge in [0.25, 0.3) is 5.69 Å². The van der Waals surface area contributed by atoms with Crippen molar-refractivity contribution in [1.29, 1.82) is 0 Å². The zero-order valence-corrected chi connectivity index (χ0v) is 11.5. The summed E-state index contributed by atoms with van der Waals surface area (Å²) in [6.07, 6.45) is 1.00. The van der Waals surface area contributed by atoms with Crippen LogP contribution in [-0.4, -0.2) is 28.6 Å². The van der Waals surface area contributed by atoms with Crippen LogP contribution in [0.2, 0.25) is 0 Å². The average molecular weight is 295 g/mol. The Kier molecular flexibility index (Phi) is 6.12. The van der Waals surface area contributed by atoms with Gasteiger partial charge in [-0.25, -0.2) is 4.79 Å². The van der Waals surface area contributed by atoms with E-state index in [0.717, 1.165) is 0 Å². The topological polar surface area (TPSA) is 122 Å². The van der Waals surface area contributed by atoms with Crippen LogP contribution in [0.5, 0.6) is 0 Å². The van der Waals surface area contributed by atoms with E-state index in [1.54, 1.807) is 13.0 Å². The van der Waals surface area contributed by atoms with Gasteiger partial charge in [0, 0.05) is 24.4 Å². The van der Waals surface area contributed by atoms with Gasteiger partial charge < -0.3 is 15.7 Å². The highest BCUT2D eigenvalue weighted by Gasteiger charge is 2.10. The summed E-state index contributed by atoms with van der Waals surface area (Å²) < 4.78 is 0. The van der Waals surface area contributed by atoms with Crippen molar-refractivity contribution >= 4 is 23.4 Å². The quantitative estimate of drug-likeness (QED) is 0.404. The second kappa shape index (κ2) is 7.83. The summed E-state index contributed by atoms with van der Waals surface area (Å²) in [5.74, 6) is -1.32. The van der Waals surface area contributed by atoms with E-state index in [2.05, 4.69) is 10.6 Å². The van der Waals surface area contributed by atoms with Crippen LogP contribution in [0.15, 0.2) is 24.3 Å². The molecule has 3 N–H and O–H groups in total. The Morgan fingerprint density at radius 1 is 1.43 bits per heavy atom. The molecule has 0 heterocycles. The Balaban J connectivity index is 2.35. The summed E-state index contributed by atoms with van der Waals surface area (Å²) in [6.45, 7) is 1.93. The van der Waals surface area contributed by atoms with Crippen molar-refractivity contribution in [1.82, 2.24) is 5.32 Å². The van der Waals surface area contributed by atoms with Gasteiger partial charge in [0.15, 0.2) is 0 Å². The number of hydrogen-bond acceptors (Lipinski definition) is 4. The molecular formula is C13H17N3O5. The van der Waals surface area contributed by atoms with Crippen molar-refractivity contribution in [2.24, 2.45) is 5.92 Å². The van der Waals surface area contributed by atoms with Crippen LogP contribution in [0, 0.1) is 16.0 Å². The van der Waals surface area contributed by atoms with Gasteiger partial charge in [0.2, 0.25) is 0 Å². The van der Waals surface area contributed by atoms with E-state index in [0.29, 0.717) is 25.1 Å². The van der Waals surface area contributed by atoms with Crippen LogP contribution < -0.4 is 10.6 Å². The number of non-ortho nitro benzene ring substituents is 1. The summed E-state index contributed by atoms with van der Waals surface area (Å²) in [5, 5.41) is 24.3. The van der Waals surface area contributed by atoms with E-state index in [-0.39, 0.29) is 5.69 Å². The molecule has 0 spiro atoms. The van der Waals surface area contributed by atoms with Gasteiger partial charge in [-0.2, -0.15) is 0 Å². The number of rotatable bonds is 7. The highest BCUT2D eigenvalue weighted by Crippen LogP contribution is 2.16. The lowest BCUT2D eigenvalue weighted by Crippen LogP contribution is -2.29. The highest BCUT2D eigenvalue weighted by atomic mass is 16.6. The van der Waals surface area contributed by atoms with E-state index in [9.17, 15) is 19.7 Å². The number of hydrogen-bond donors (Lipinski definition) is 3. The van der Waals surface area contributed by atoms with E-state index < -0.39 is 22.8 Å². The second-order valence-corrected chi connectivity index (χ2v) is 4.57. The Morgan fingerprint density at radius 3 is 2.76 bits per heavy atom. The smallest absolute Gasteiger partial charge is 0.319 e. The predicted octanol–water partition coefficient (Wildman–Crippen LogP) is 2.22. The molecule has 21 heavy (non-hydrogen) atoms. The monoisotopic (exact) mass is 295 g/mol. The largest absolute Gasteiger partial charge is 0.481 e. The van der Waals surface area contributed by atoms with Gasteiger partial charge in [-0.1, -0.05) is 13.0 Å². The Morgan fingerprint density at radius 2 is 2.14 bits per heavy atom. The molecule has 1 aromatic rings. The number of carboxylic acids is 1. The third kappa shape index (κ3) is 5.89. The number of carboxylic acid groups (broad SMARTS) is 1. The maximum atomic E-state index is 11.6. The van der Waals surface area contributed by atoms with Crippen LogP contribution in [0.25, 0.3) is 0 Å². The number of nitrogens with zero attached hydrogens (tertiary/aromatic N) is 1. The van der Waals surface area contributed by atoms with Crippen LogP contribution >= 0.6 is 0 Å². The molecule has 0 fully saturated rings. The molecule has 1 rings (SSSR count). The number of nitrogens with one attached hydrogen (secondary N) is 2. The molecule has 0 aliphatic heterocycles.